The summed E-state index contributed by atoms with van der Waals surface area (Å²) in [7, 11) is 3.40. The van der Waals surface area contributed by atoms with Crippen LogP contribution in [0.15, 0.2) is 36.8 Å². The van der Waals surface area contributed by atoms with Gasteiger partial charge in [-0.25, -0.2) is 4.98 Å². The van der Waals surface area contributed by atoms with Crippen molar-refractivity contribution in [2.75, 3.05) is 7.11 Å². The lowest BCUT2D eigenvalue weighted by Gasteiger charge is -2.21. The van der Waals surface area contributed by atoms with Crippen LogP contribution in [-0.2, 0) is 18.3 Å². The van der Waals surface area contributed by atoms with Gasteiger partial charge in [-0.2, -0.15) is 5.26 Å². The SMILES string of the molecule is COc1cccc2[nH]c(C(=O)N[C@@H](CC(C)C)C(=O)NC(C#N)Cc3cncn3C)cc12. The average molecular weight is 437 g/mol. The van der Waals surface area contributed by atoms with Crippen LogP contribution in [0.2, 0.25) is 0 Å². The number of nitrogens with zero attached hydrogens (tertiary/aromatic N) is 3. The fraction of sp³-hybridized carbons (Fsp3) is 0.391. The number of aromatic amines is 1. The molecule has 1 unspecified atom stereocenters. The van der Waals surface area contributed by atoms with E-state index < -0.39 is 23.9 Å². The molecule has 0 aliphatic carbocycles. The number of aryl methyl sites for hydroxylation is 1. The van der Waals surface area contributed by atoms with Crippen LogP contribution < -0.4 is 15.4 Å². The van der Waals surface area contributed by atoms with Crippen LogP contribution in [0.3, 0.4) is 0 Å². The van der Waals surface area contributed by atoms with E-state index in [-0.39, 0.29) is 5.92 Å². The molecule has 168 valence electrons. The van der Waals surface area contributed by atoms with Crippen molar-refractivity contribution in [2.24, 2.45) is 13.0 Å². The first-order valence-corrected chi connectivity index (χ1v) is 10.4. The number of aromatic nitrogens is 3. The summed E-state index contributed by atoms with van der Waals surface area (Å²) in [5.41, 5.74) is 1.92. The molecule has 1 aromatic carbocycles. The zero-order valence-corrected chi connectivity index (χ0v) is 18.7. The molecule has 3 N–H and O–H groups in total. The molecule has 9 nitrogen and oxygen atoms in total. The van der Waals surface area contributed by atoms with Crippen molar-refractivity contribution in [3.8, 4) is 11.8 Å². The summed E-state index contributed by atoms with van der Waals surface area (Å²) in [5.74, 6) is 0.0198. The molecule has 3 aromatic rings. The van der Waals surface area contributed by atoms with Crippen molar-refractivity contribution in [3.63, 3.8) is 0 Å². The molecule has 0 fully saturated rings. The number of imidazole rings is 1. The molecule has 0 spiro atoms. The minimum absolute atomic E-state index is 0.159. The van der Waals surface area contributed by atoms with Crippen LogP contribution in [-0.4, -0.2) is 45.5 Å². The zero-order chi connectivity index (χ0) is 23.3. The van der Waals surface area contributed by atoms with Crippen LogP contribution in [0.5, 0.6) is 5.75 Å². The van der Waals surface area contributed by atoms with E-state index in [0.29, 0.717) is 24.3 Å². The molecular weight excluding hydrogens is 408 g/mol. The molecule has 0 radical (unpaired) electrons. The monoisotopic (exact) mass is 436 g/mol. The fourth-order valence-electron chi connectivity index (χ4n) is 3.56. The van der Waals surface area contributed by atoms with Crippen LogP contribution in [0, 0.1) is 17.2 Å². The molecule has 0 aliphatic rings. The van der Waals surface area contributed by atoms with Gasteiger partial charge >= 0.3 is 0 Å². The Morgan fingerprint density at radius 1 is 1.31 bits per heavy atom. The lowest BCUT2D eigenvalue weighted by molar-refractivity contribution is -0.123. The van der Waals surface area contributed by atoms with Crippen LogP contribution >= 0.6 is 0 Å². The normalized spacial score (nSPS) is 12.9. The summed E-state index contributed by atoms with van der Waals surface area (Å²) >= 11 is 0. The Bertz CT molecular complexity index is 1140. The number of nitriles is 1. The van der Waals surface area contributed by atoms with Crippen LogP contribution in [0.1, 0.15) is 36.5 Å². The van der Waals surface area contributed by atoms with Crippen molar-refractivity contribution in [2.45, 2.75) is 38.8 Å². The third-order valence-corrected chi connectivity index (χ3v) is 5.22. The highest BCUT2D eigenvalue weighted by atomic mass is 16.5. The minimum Gasteiger partial charge on any atom is -0.496 e. The molecule has 2 atom stereocenters. The molecular formula is C23H28N6O3. The molecule has 0 saturated heterocycles. The van der Waals surface area contributed by atoms with Crippen molar-refractivity contribution >= 4 is 22.7 Å². The number of hydrogen-bond donors (Lipinski definition) is 3. The highest BCUT2D eigenvalue weighted by molar-refractivity contribution is 6.01. The van der Waals surface area contributed by atoms with Crippen molar-refractivity contribution in [1.29, 1.82) is 5.26 Å². The Hall–Kier alpha value is -3.80. The Morgan fingerprint density at radius 2 is 2.09 bits per heavy atom. The maximum absolute atomic E-state index is 13.0. The first-order valence-electron chi connectivity index (χ1n) is 10.4. The van der Waals surface area contributed by atoms with Crippen LogP contribution in [0.25, 0.3) is 10.9 Å². The van der Waals surface area contributed by atoms with Gasteiger partial charge < -0.3 is 24.9 Å². The number of carbonyl (C=O) groups excluding carboxylic acids is 2. The zero-order valence-electron chi connectivity index (χ0n) is 18.7. The third-order valence-electron chi connectivity index (χ3n) is 5.22. The summed E-state index contributed by atoms with van der Waals surface area (Å²) in [6.45, 7) is 3.94. The second-order valence-corrected chi connectivity index (χ2v) is 8.15. The number of amides is 2. The second-order valence-electron chi connectivity index (χ2n) is 8.15. The fourth-order valence-corrected chi connectivity index (χ4v) is 3.56. The van der Waals surface area contributed by atoms with Gasteiger partial charge in [-0.1, -0.05) is 19.9 Å². The summed E-state index contributed by atoms with van der Waals surface area (Å²) in [6, 6.07) is 7.80. The maximum atomic E-state index is 13.0. The second kappa shape index (κ2) is 10.0. The van der Waals surface area contributed by atoms with Crippen molar-refractivity contribution < 1.29 is 14.3 Å². The van der Waals surface area contributed by atoms with Gasteiger partial charge in [0.2, 0.25) is 5.91 Å². The van der Waals surface area contributed by atoms with E-state index in [2.05, 4.69) is 26.7 Å². The van der Waals surface area contributed by atoms with E-state index in [4.69, 9.17) is 4.74 Å². The molecule has 2 amide bonds. The molecule has 0 aliphatic heterocycles. The topological polar surface area (TPSA) is 125 Å². The van der Waals surface area contributed by atoms with E-state index in [1.54, 1.807) is 30.3 Å². The number of fused-ring (bicyclic) bond motifs is 1. The minimum atomic E-state index is -0.779. The van der Waals surface area contributed by atoms with Gasteiger partial charge in [-0.3, -0.25) is 9.59 Å². The molecule has 0 bridgehead atoms. The third kappa shape index (κ3) is 5.27. The van der Waals surface area contributed by atoms with Crippen LogP contribution in [0.4, 0.5) is 0 Å². The quantitative estimate of drug-likeness (QED) is 0.475. The molecule has 0 saturated carbocycles. The molecule has 32 heavy (non-hydrogen) atoms. The number of hydrogen-bond acceptors (Lipinski definition) is 5. The first-order chi connectivity index (χ1) is 15.3. The summed E-state index contributed by atoms with van der Waals surface area (Å²) < 4.78 is 7.15. The van der Waals surface area contributed by atoms with Crippen molar-refractivity contribution in [1.82, 2.24) is 25.2 Å². The Labute approximate surface area is 186 Å². The number of H-pyrrole nitrogens is 1. The van der Waals surface area contributed by atoms with Gasteiger partial charge in [0.1, 0.15) is 23.5 Å². The average Bonchev–Trinajstić information content (AvgIpc) is 3.38. The standard InChI is InChI=1S/C23H28N6O3/c1-14(2)8-19(22(30)26-15(11-24)9-16-12-25-13-29(16)3)28-23(31)20-10-17-18(27-20)6-5-7-21(17)32-4/h5-7,10,12-15,19,27H,8-9H2,1-4H3,(H,26,30)(H,28,31)/t15?,19-/m0/s1. The van der Waals surface area contributed by atoms with E-state index in [1.165, 1.54) is 0 Å². The van der Waals surface area contributed by atoms with Gasteiger partial charge in [0, 0.05) is 36.3 Å². The number of ether oxygens (including phenoxy) is 1. The summed E-state index contributed by atoms with van der Waals surface area (Å²) in [6.07, 6.45) is 4.06. The lowest BCUT2D eigenvalue weighted by Crippen LogP contribution is -2.50. The van der Waals surface area contributed by atoms with Gasteiger partial charge in [0.15, 0.2) is 0 Å². The number of nitrogens with one attached hydrogen (secondary N) is 3. The number of methoxy groups -OCH3 is 1. The van der Waals surface area contributed by atoms with E-state index >= 15 is 0 Å². The molecule has 3 rings (SSSR count). The summed E-state index contributed by atoms with van der Waals surface area (Å²) in [5, 5.41) is 15.9. The largest absolute Gasteiger partial charge is 0.496 e. The predicted octanol–water partition coefficient (Wildman–Crippen LogP) is 2.31. The van der Waals surface area contributed by atoms with E-state index in [9.17, 15) is 14.9 Å². The Kier molecular flexibility index (Phi) is 7.15. The Morgan fingerprint density at radius 3 is 2.72 bits per heavy atom. The number of carbonyl (C=O) groups is 2. The number of benzene rings is 1. The predicted molar refractivity (Wildman–Crippen MR) is 120 cm³/mol. The number of rotatable bonds is 9. The van der Waals surface area contributed by atoms with E-state index in [1.807, 2.05) is 39.1 Å². The summed E-state index contributed by atoms with van der Waals surface area (Å²) in [4.78, 5) is 33.0. The first kappa shape index (κ1) is 22.9. The van der Waals surface area contributed by atoms with E-state index in [0.717, 1.165) is 16.6 Å². The van der Waals surface area contributed by atoms with Gasteiger partial charge in [0.05, 0.1) is 19.5 Å². The van der Waals surface area contributed by atoms with Gasteiger partial charge in [-0.15, -0.1) is 0 Å². The molecule has 9 heteroatoms. The Balaban J connectivity index is 1.74. The van der Waals surface area contributed by atoms with Gasteiger partial charge in [0.25, 0.3) is 5.91 Å². The molecule has 2 aromatic heterocycles. The highest BCUT2D eigenvalue weighted by Crippen LogP contribution is 2.26. The molecule has 2 heterocycles. The highest BCUT2D eigenvalue weighted by Gasteiger charge is 2.26. The van der Waals surface area contributed by atoms with Crippen molar-refractivity contribution in [3.05, 3.63) is 48.2 Å². The van der Waals surface area contributed by atoms with Gasteiger partial charge in [-0.05, 0) is 30.5 Å². The smallest absolute Gasteiger partial charge is 0.268 e. The lowest BCUT2D eigenvalue weighted by atomic mass is 10.0. The maximum Gasteiger partial charge on any atom is 0.268 e.